The van der Waals surface area contributed by atoms with Crippen molar-refractivity contribution in [3.63, 3.8) is 0 Å². The molecule has 0 radical (unpaired) electrons. The van der Waals surface area contributed by atoms with E-state index in [-0.39, 0.29) is 41.8 Å². The minimum atomic E-state index is -4.35. The minimum absolute atomic E-state index is 0.0121. The number of pyridine rings is 1. The molecule has 0 saturated heterocycles. The Labute approximate surface area is 186 Å². The monoisotopic (exact) mass is 446 g/mol. The maximum absolute atomic E-state index is 12.6. The number of ketones is 2. The van der Waals surface area contributed by atoms with Crippen molar-refractivity contribution in [1.82, 2.24) is 9.38 Å². The molecule has 2 heterocycles. The molecule has 0 atom stereocenters. The van der Waals surface area contributed by atoms with Crippen molar-refractivity contribution in [2.75, 3.05) is 0 Å². The van der Waals surface area contributed by atoms with Crippen molar-refractivity contribution >= 4 is 17.2 Å². The molecule has 0 aliphatic carbocycles. The van der Waals surface area contributed by atoms with Crippen molar-refractivity contribution in [1.29, 1.82) is 0 Å². The summed E-state index contributed by atoms with van der Waals surface area (Å²) in [7, 11) is 0. The van der Waals surface area contributed by atoms with Crippen molar-refractivity contribution in [3.8, 4) is 0 Å². The first-order valence-corrected chi connectivity index (χ1v) is 10.6. The van der Waals surface area contributed by atoms with Gasteiger partial charge in [-0.05, 0) is 30.2 Å². The van der Waals surface area contributed by atoms with Gasteiger partial charge in [0.15, 0.2) is 0 Å². The Morgan fingerprint density at radius 3 is 2.16 bits per heavy atom. The first-order chi connectivity index (χ1) is 15.0. The number of imidazole rings is 1. The summed E-state index contributed by atoms with van der Waals surface area (Å²) in [4.78, 5) is 27.3. The molecule has 4 nitrogen and oxygen atoms in total. The Morgan fingerprint density at radius 2 is 1.56 bits per heavy atom. The summed E-state index contributed by atoms with van der Waals surface area (Å²) in [5, 5.41) is 0. The van der Waals surface area contributed by atoms with Gasteiger partial charge in [0.25, 0.3) is 0 Å². The van der Waals surface area contributed by atoms with Crippen LogP contribution in [0.4, 0.5) is 13.2 Å². The number of fused-ring (bicyclic) bond motifs is 1. The van der Waals surface area contributed by atoms with Crippen LogP contribution in [-0.4, -0.2) is 21.0 Å². The largest absolute Gasteiger partial charge is 0.416 e. The third kappa shape index (κ3) is 7.32. The van der Waals surface area contributed by atoms with E-state index in [9.17, 15) is 22.8 Å². The van der Waals surface area contributed by atoms with Crippen LogP contribution in [0.25, 0.3) is 5.65 Å². The molecule has 3 rings (SSSR count). The second kappa shape index (κ2) is 11.1. The highest BCUT2D eigenvalue weighted by atomic mass is 19.4. The van der Waals surface area contributed by atoms with E-state index < -0.39 is 11.7 Å². The Morgan fingerprint density at radius 1 is 0.938 bits per heavy atom. The van der Waals surface area contributed by atoms with Crippen LogP contribution in [0.3, 0.4) is 0 Å². The van der Waals surface area contributed by atoms with E-state index in [0.717, 1.165) is 17.4 Å². The fourth-order valence-electron chi connectivity index (χ4n) is 3.02. The summed E-state index contributed by atoms with van der Waals surface area (Å²) in [6.45, 7) is 7.33. The lowest BCUT2D eigenvalue weighted by atomic mass is 9.98. The van der Waals surface area contributed by atoms with Gasteiger partial charge in [-0.2, -0.15) is 13.2 Å². The smallest absolute Gasteiger partial charge is 0.307 e. The molecule has 0 bridgehead atoms. The topological polar surface area (TPSA) is 51.4 Å². The highest BCUT2D eigenvalue weighted by Gasteiger charge is 2.32. The molecule has 1 aromatic carbocycles. The van der Waals surface area contributed by atoms with E-state index in [1.165, 1.54) is 12.1 Å². The Hall–Kier alpha value is -2.96. The number of hydrogen-bond donors (Lipinski definition) is 0. The first-order valence-electron chi connectivity index (χ1n) is 10.6. The van der Waals surface area contributed by atoms with E-state index in [4.69, 9.17) is 0 Å². The number of rotatable bonds is 7. The summed E-state index contributed by atoms with van der Waals surface area (Å²) >= 11 is 0. The van der Waals surface area contributed by atoms with Crippen LogP contribution in [0.5, 0.6) is 0 Å². The number of hydrogen-bond acceptors (Lipinski definition) is 3. The van der Waals surface area contributed by atoms with Crippen LogP contribution in [0.2, 0.25) is 0 Å². The van der Waals surface area contributed by atoms with Gasteiger partial charge in [-0.15, -0.1) is 0 Å². The molecule has 0 aliphatic heterocycles. The number of carbonyl (C=O) groups is 2. The average Bonchev–Trinajstić information content (AvgIpc) is 3.14. The number of nitrogens with zero attached hydrogens (tertiary/aromatic N) is 2. The molecule has 32 heavy (non-hydrogen) atoms. The van der Waals surface area contributed by atoms with Gasteiger partial charge in [-0.3, -0.25) is 9.59 Å². The summed E-state index contributed by atoms with van der Waals surface area (Å²) in [6.07, 6.45) is 0.232. The molecule has 0 spiro atoms. The zero-order valence-corrected chi connectivity index (χ0v) is 18.8. The molecule has 0 amide bonds. The van der Waals surface area contributed by atoms with Crippen molar-refractivity contribution in [2.45, 2.75) is 53.1 Å². The standard InChI is InChI=1S/C13H15F3O.C12H14N2O/c1-9(2)12(17)8-7-10-5-3-4-6-11(10)13(14,15)16;1-9(2)11(15)7-10-8-14-6-4-3-5-12(14)13-10/h3-6,9H,7-8H2,1-2H3;3-6,8-9H,7H2,1-2H3. The molecular weight excluding hydrogens is 417 g/mol. The molecule has 172 valence electrons. The number of carbonyl (C=O) groups excluding carboxylic acids is 2. The van der Waals surface area contributed by atoms with Crippen LogP contribution in [-0.2, 0) is 28.6 Å². The average molecular weight is 447 g/mol. The number of aromatic nitrogens is 2. The SMILES string of the molecule is CC(C)C(=O)CCc1ccccc1C(F)(F)F.CC(C)C(=O)Cc1cn2ccccc2n1. The van der Waals surface area contributed by atoms with Crippen molar-refractivity contribution in [3.05, 3.63) is 71.7 Å². The lowest BCUT2D eigenvalue weighted by Crippen LogP contribution is -2.12. The molecule has 0 fully saturated rings. The fourth-order valence-corrected chi connectivity index (χ4v) is 3.02. The van der Waals surface area contributed by atoms with Gasteiger partial charge in [0.05, 0.1) is 17.7 Å². The van der Waals surface area contributed by atoms with Gasteiger partial charge in [-0.25, -0.2) is 4.98 Å². The highest BCUT2D eigenvalue weighted by molar-refractivity contribution is 5.82. The van der Waals surface area contributed by atoms with Crippen LogP contribution >= 0.6 is 0 Å². The lowest BCUT2D eigenvalue weighted by molar-refractivity contribution is -0.138. The third-order valence-electron chi connectivity index (χ3n) is 5.02. The summed E-state index contributed by atoms with van der Waals surface area (Å²) in [5.74, 6) is 0.170. The predicted octanol–water partition coefficient (Wildman–Crippen LogP) is 5.97. The molecule has 0 N–H and O–H groups in total. The Bertz CT molecular complexity index is 1020. The molecule has 7 heteroatoms. The fraction of sp³-hybridized carbons (Fsp3) is 0.400. The van der Waals surface area contributed by atoms with Crippen molar-refractivity contribution < 1.29 is 22.8 Å². The van der Waals surface area contributed by atoms with E-state index >= 15 is 0 Å². The number of aryl methyl sites for hydroxylation is 1. The Balaban J connectivity index is 0.000000228. The van der Waals surface area contributed by atoms with Crippen LogP contribution in [0.1, 0.15) is 50.9 Å². The third-order valence-corrected chi connectivity index (χ3v) is 5.02. The molecule has 2 aromatic heterocycles. The van der Waals surface area contributed by atoms with E-state index in [1.54, 1.807) is 19.9 Å². The maximum atomic E-state index is 12.6. The molecule has 0 aliphatic rings. The van der Waals surface area contributed by atoms with Gasteiger partial charge < -0.3 is 4.40 Å². The van der Waals surface area contributed by atoms with Crippen LogP contribution in [0, 0.1) is 11.8 Å². The quantitative estimate of drug-likeness (QED) is 0.450. The molecule has 0 unspecified atom stereocenters. The molecule has 3 aromatic rings. The number of halogens is 3. The van der Waals surface area contributed by atoms with Crippen LogP contribution in [0.15, 0.2) is 54.9 Å². The molecular formula is C25H29F3N2O2. The van der Waals surface area contributed by atoms with Gasteiger partial charge >= 0.3 is 6.18 Å². The highest BCUT2D eigenvalue weighted by Crippen LogP contribution is 2.32. The normalized spacial score (nSPS) is 11.5. The minimum Gasteiger partial charge on any atom is -0.307 e. The van der Waals surface area contributed by atoms with Gasteiger partial charge in [0.1, 0.15) is 17.2 Å². The predicted molar refractivity (Wildman–Crippen MR) is 118 cm³/mol. The summed E-state index contributed by atoms with van der Waals surface area (Å²) in [6, 6.07) is 11.2. The zero-order chi connectivity index (χ0) is 23.9. The van der Waals surface area contributed by atoms with Gasteiger partial charge in [0.2, 0.25) is 0 Å². The lowest BCUT2D eigenvalue weighted by Gasteiger charge is -2.12. The van der Waals surface area contributed by atoms with Crippen LogP contribution < -0.4 is 0 Å². The summed E-state index contributed by atoms with van der Waals surface area (Å²) < 4.78 is 39.9. The van der Waals surface area contributed by atoms with E-state index in [0.29, 0.717) is 6.42 Å². The number of benzene rings is 1. The zero-order valence-electron chi connectivity index (χ0n) is 18.8. The van der Waals surface area contributed by atoms with Gasteiger partial charge in [-0.1, -0.05) is 52.0 Å². The van der Waals surface area contributed by atoms with Gasteiger partial charge in [0, 0.05) is 30.7 Å². The summed E-state index contributed by atoms with van der Waals surface area (Å²) in [5.41, 5.74) is 1.29. The number of alkyl halides is 3. The maximum Gasteiger partial charge on any atom is 0.416 e. The second-order valence-corrected chi connectivity index (χ2v) is 8.27. The molecule has 0 saturated carbocycles. The van der Waals surface area contributed by atoms with Crippen molar-refractivity contribution in [2.24, 2.45) is 11.8 Å². The number of Topliss-reactive ketones (excluding diaryl/α,β-unsaturated/α-hetero) is 2. The van der Waals surface area contributed by atoms with E-state index in [1.807, 2.05) is 48.8 Å². The second-order valence-electron chi connectivity index (χ2n) is 8.27. The van der Waals surface area contributed by atoms with E-state index in [2.05, 4.69) is 4.98 Å². The Kier molecular flexibility index (Phi) is 8.75. The first kappa shape index (κ1) is 25.3.